The Balaban J connectivity index is 1.90. The third-order valence-electron chi connectivity index (χ3n) is 5.30. The van der Waals surface area contributed by atoms with Crippen LogP contribution in [0.1, 0.15) is 35.7 Å². The van der Waals surface area contributed by atoms with Gasteiger partial charge in [0, 0.05) is 18.2 Å². The lowest BCUT2D eigenvalue weighted by molar-refractivity contribution is 0.0959. The normalized spacial score (nSPS) is 15.7. The van der Waals surface area contributed by atoms with E-state index in [1.54, 1.807) is 38.2 Å². The molecule has 2 aromatic carbocycles. The van der Waals surface area contributed by atoms with Crippen molar-refractivity contribution in [2.24, 2.45) is 7.05 Å². The molecule has 1 N–H and O–H groups in total. The van der Waals surface area contributed by atoms with Gasteiger partial charge in [-0.2, -0.15) is 0 Å². The first-order valence-electron chi connectivity index (χ1n) is 8.99. The van der Waals surface area contributed by atoms with E-state index in [9.17, 15) is 18.0 Å². The lowest BCUT2D eigenvalue weighted by atomic mass is 10.1. The Bertz CT molecular complexity index is 1280. The summed E-state index contributed by atoms with van der Waals surface area (Å²) in [7, 11) is -2.19. The number of aromatic nitrogens is 2. The number of carbonyl (C=O) groups excluding carboxylic acids is 1. The van der Waals surface area contributed by atoms with Gasteiger partial charge in [-0.3, -0.25) is 9.36 Å². The number of carbonyl (C=O) groups is 1. The maximum atomic E-state index is 13.1. The van der Waals surface area contributed by atoms with Gasteiger partial charge in [-0.15, -0.1) is 0 Å². The van der Waals surface area contributed by atoms with Gasteiger partial charge in [-0.1, -0.05) is 18.2 Å². The van der Waals surface area contributed by atoms with E-state index in [4.69, 9.17) is 0 Å². The van der Waals surface area contributed by atoms with Crippen LogP contribution in [0.3, 0.4) is 0 Å². The third kappa shape index (κ3) is 2.98. The number of hydrogen-bond donors (Lipinski definition) is 1. The van der Waals surface area contributed by atoms with Gasteiger partial charge in [0.15, 0.2) is 0 Å². The highest BCUT2D eigenvalue weighted by Crippen LogP contribution is 2.36. The van der Waals surface area contributed by atoms with Gasteiger partial charge in [0.05, 0.1) is 15.9 Å². The van der Waals surface area contributed by atoms with Gasteiger partial charge in [-0.05, 0) is 56.5 Å². The average molecular weight is 399 g/mol. The van der Waals surface area contributed by atoms with Crippen molar-refractivity contribution in [3.8, 4) is 0 Å². The lowest BCUT2D eigenvalue weighted by Crippen LogP contribution is -2.34. The molecule has 0 amide bonds. The predicted molar refractivity (Wildman–Crippen MR) is 106 cm³/mol. The fourth-order valence-corrected chi connectivity index (χ4v) is 4.78. The Hall–Kier alpha value is -2.71. The molecule has 0 saturated heterocycles. The van der Waals surface area contributed by atoms with Crippen molar-refractivity contribution in [1.29, 1.82) is 0 Å². The minimum Gasteiger partial charge on any atom is -0.295 e. The standard InChI is InChI=1S/C20H21N3O4S/c1-13-6-4-5-7-15(13)18(24)23-17-12-14(8-9-16(17)22(3)19(23)25)28(26,27)21-20(2)10-11-20/h4-9,12,21H,10-11H2,1-3H3. The molecule has 7 nitrogen and oxygen atoms in total. The molecule has 0 bridgehead atoms. The summed E-state index contributed by atoms with van der Waals surface area (Å²) in [5.41, 5.74) is 0.965. The van der Waals surface area contributed by atoms with E-state index < -0.39 is 27.2 Å². The summed E-state index contributed by atoms with van der Waals surface area (Å²) in [5, 5.41) is 0. The monoisotopic (exact) mass is 399 g/mol. The topological polar surface area (TPSA) is 90.2 Å². The number of rotatable bonds is 4. The number of hydrogen-bond acceptors (Lipinski definition) is 4. The summed E-state index contributed by atoms with van der Waals surface area (Å²) >= 11 is 0. The summed E-state index contributed by atoms with van der Waals surface area (Å²) in [4.78, 5) is 25.9. The van der Waals surface area contributed by atoms with Crippen molar-refractivity contribution in [3.63, 3.8) is 0 Å². The lowest BCUT2D eigenvalue weighted by Gasteiger charge is -2.12. The SMILES string of the molecule is Cc1ccccc1C(=O)n1c(=O)n(C)c2ccc(S(=O)(=O)NC3(C)CC3)cc21. The molecule has 3 aromatic rings. The quantitative estimate of drug-likeness (QED) is 0.728. The average Bonchev–Trinajstić information content (AvgIpc) is 3.30. The summed E-state index contributed by atoms with van der Waals surface area (Å²) < 4.78 is 30.6. The Morgan fingerprint density at radius 3 is 2.43 bits per heavy atom. The van der Waals surface area contributed by atoms with Crippen LogP contribution in [-0.4, -0.2) is 29.0 Å². The molecular formula is C20H21N3O4S. The van der Waals surface area contributed by atoms with Crippen LogP contribution >= 0.6 is 0 Å². The number of aryl methyl sites for hydroxylation is 2. The zero-order valence-corrected chi connectivity index (χ0v) is 16.7. The Morgan fingerprint density at radius 1 is 1.11 bits per heavy atom. The summed E-state index contributed by atoms with van der Waals surface area (Å²) in [6, 6.07) is 11.4. The van der Waals surface area contributed by atoms with Crippen molar-refractivity contribution in [1.82, 2.24) is 13.9 Å². The van der Waals surface area contributed by atoms with Crippen LogP contribution in [0.2, 0.25) is 0 Å². The summed E-state index contributed by atoms with van der Waals surface area (Å²) in [6.07, 6.45) is 1.58. The molecule has 0 radical (unpaired) electrons. The fraction of sp³-hybridized carbons (Fsp3) is 0.300. The molecule has 146 valence electrons. The molecule has 0 aliphatic heterocycles. The predicted octanol–water partition coefficient (Wildman–Crippen LogP) is 2.17. The Labute approximate surface area is 162 Å². The molecule has 1 aromatic heterocycles. The highest BCUT2D eigenvalue weighted by molar-refractivity contribution is 7.89. The van der Waals surface area contributed by atoms with E-state index >= 15 is 0 Å². The van der Waals surface area contributed by atoms with Crippen LogP contribution in [0.5, 0.6) is 0 Å². The van der Waals surface area contributed by atoms with Crippen molar-refractivity contribution in [3.05, 3.63) is 64.1 Å². The molecule has 1 heterocycles. The summed E-state index contributed by atoms with van der Waals surface area (Å²) in [6.45, 7) is 3.64. The Kier molecular flexibility index (Phi) is 4.09. The van der Waals surface area contributed by atoms with E-state index in [0.29, 0.717) is 11.1 Å². The van der Waals surface area contributed by atoms with Crippen LogP contribution in [0.25, 0.3) is 11.0 Å². The van der Waals surface area contributed by atoms with Crippen molar-refractivity contribution in [2.75, 3.05) is 0 Å². The van der Waals surface area contributed by atoms with Gasteiger partial charge in [0.1, 0.15) is 0 Å². The number of imidazole rings is 1. The molecule has 0 spiro atoms. The molecule has 0 atom stereocenters. The van der Waals surface area contributed by atoms with Gasteiger partial charge < -0.3 is 0 Å². The van der Waals surface area contributed by atoms with Crippen LogP contribution < -0.4 is 10.4 Å². The second kappa shape index (κ2) is 6.15. The van der Waals surface area contributed by atoms with E-state index in [2.05, 4.69) is 4.72 Å². The molecule has 28 heavy (non-hydrogen) atoms. The smallest absolute Gasteiger partial charge is 0.295 e. The molecule has 0 unspecified atom stereocenters. The number of fused-ring (bicyclic) bond motifs is 1. The highest BCUT2D eigenvalue weighted by Gasteiger charge is 2.41. The maximum absolute atomic E-state index is 13.1. The number of nitrogens with zero attached hydrogens (tertiary/aromatic N) is 2. The first-order chi connectivity index (χ1) is 13.1. The first kappa shape index (κ1) is 18.6. The molecular weight excluding hydrogens is 378 g/mol. The van der Waals surface area contributed by atoms with Gasteiger partial charge in [0.25, 0.3) is 5.91 Å². The highest BCUT2D eigenvalue weighted by atomic mass is 32.2. The van der Waals surface area contributed by atoms with Crippen LogP contribution in [0.15, 0.2) is 52.2 Å². The Morgan fingerprint density at radius 2 is 1.79 bits per heavy atom. The minimum absolute atomic E-state index is 0.0325. The molecule has 1 aliphatic carbocycles. The molecule has 4 rings (SSSR count). The van der Waals surface area contributed by atoms with Crippen LogP contribution in [-0.2, 0) is 17.1 Å². The zero-order valence-electron chi connectivity index (χ0n) is 15.9. The number of benzene rings is 2. The maximum Gasteiger partial charge on any atom is 0.335 e. The van der Waals surface area contributed by atoms with E-state index in [-0.39, 0.29) is 10.4 Å². The van der Waals surface area contributed by atoms with Crippen molar-refractivity contribution < 1.29 is 13.2 Å². The fourth-order valence-electron chi connectivity index (χ4n) is 3.29. The van der Waals surface area contributed by atoms with Crippen LogP contribution in [0, 0.1) is 6.92 Å². The number of nitrogens with one attached hydrogen (secondary N) is 1. The van der Waals surface area contributed by atoms with Gasteiger partial charge in [-0.25, -0.2) is 22.5 Å². The third-order valence-corrected chi connectivity index (χ3v) is 6.93. The van der Waals surface area contributed by atoms with E-state index in [0.717, 1.165) is 23.0 Å². The minimum atomic E-state index is -3.75. The second-order valence-electron chi connectivity index (χ2n) is 7.61. The van der Waals surface area contributed by atoms with Crippen molar-refractivity contribution >= 4 is 27.0 Å². The van der Waals surface area contributed by atoms with Gasteiger partial charge >= 0.3 is 5.69 Å². The van der Waals surface area contributed by atoms with Gasteiger partial charge in [0.2, 0.25) is 10.0 Å². The molecule has 1 fully saturated rings. The largest absolute Gasteiger partial charge is 0.335 e. The molecule has 8 heteroatoms. The second-order valence-corrected chi connectivity index (χ2v) is 9.30. The molecule has 1 aliphatic rings. The molecule has 1 saturated carbocycles. The van der Waals surface area contributed by atoms with E-state index in [1.165, 1.54) is 16.7 Å². The zero-order chi connectivity index (χ0) is 20.3. The summed E-state index contributed by atoms with van der Waals surface area (Å²) in [5.74, 6) is -0.481. The van der Waals surface area contributed by atoms with Crippen molar-refractivity contribution in [2.45, 2.75) is 37.1 Å². The van der Waals surface area contributed by atoms with Crippen LogP contribution in [0.4, 0.5) is 0 Å². The first-order valence-corrected chi connectivity index (χ1v) is 10.5. The van der Waals surface area contributed by atoms with E-state index in [1.807, 2.05) is 13.0 Å². The number of sulfonamides is 1.